The molecule has 3 heterocycles. The number of nitrogens with zero attached hydrogens (tertiary/aromatic N) is 4. The topological polar surface area (TPSA) is 108 Å². The van der Waals surface area contributed by atoms with E-state index in [2.05, 4.69) is 9.62 Å². The molecule has 1 fully saturated rings. The summed E-state index contributed by atoms with van der Waals surface area (Å²) in [4.78, 5) is 14.1. The third kappa shape index (κ3) is 4.12. The molecule has 2 aliphatic rings. The molecule has 5 rings (SSSR count). The lowest BCUT2D eigenvalue weighted by Gasteiger charge is -2.28. The quantitative estimate of drug-likeness (QED) is 0.589. The third-order valence-corrected chi connectivity index (χ3v) is 7.35. The fraction of sp³-hybridized carbons (Fsp3) is 0.304. The Kier molecular flexibility index (Phi) is 5.65. The number of aromatic nitrogens is 2. The van der Waals surface area contributed by atoms with E-state index >= 15 is 0 Å². The van der Waals surface area contributed by atoms with Crippen molar-refractivity contribution in [3.05, 3.63) is 54.1 Å². The number of ether oxygens (including phenoxy) is 1. The van der Waals surface area contributed by atoms with Crippen molar-refractivity contribution in [2.45, 2.75) is 11.3 Å². The van der Waals surface area contributed by atoms with Crippen LogP contribution >= 0.6 is 0 Å². The molecule has 10 heteroatoms. The van der Waals surface area contributed by atoms with Crippen LogP contribution in [0.1, 0.15) is 5.56 Å². The maximum Gasteiger partial charge on any atom is 0.240 e. The van der Waals surface area contributed by atoms with Crippen LogP contribution in [-0.4, -0.2) is 63.4 Å². The maximum atomic E-state index is 12.3. The van der Waals surface area contributed by atoms with Crippen LogP contribution in [0.15, 0.2) is 53.4 Å². The molecule has 2 N–H and O–H groups in total. The van der Waals surface area contributed by atoms with Crippen LogP contribution in [0.25, 0.3) is 11.3 Å². The van der Waals surface area contributed by atoms with Gasteiger partial charge in [-0.1, -0.05) is 18.2 Å². The van der Waals surface area contributed by atoms with Gasteiger partial charge in [-0.2, -0.15) is 4.98 Å². The summed E-state index contributed by atoms with van der Waals surface area (Å²) >= 11 is 0. The number of sulfonamides is 1. The van der Waals surface area contributed by atoms with Gasteiger partial charge in [0.25, 0.3) is 0 Å². The van der Waals surface area contributed by atoms with Crippen LogP contribution in [0.3, 0.4) is 0 Å². The highest BCUT2D eigenvalue weighted by atomic mass is 32.2. The van der Waals surface area contributed by atoms with Crippen molar-refractivity contribution in [3.8, 4) is 17.0 Å². The van der Waals surface area contributed by atoms with Crippen LogP contribution in [0.4, 0.5) is 17.5 Å². The Balaban J connectivity index is 1.64. The van der Waals surface area contributed by atoms with Gasteiger partial charge in [-0.3, -0.25) is 0 Å². The van der Waals surface area contributed by atoms with E-state index < -0.39 is 10.0 Å². The highest BCUT2D eigenvalue weighted by Gasteiger charge is 2.29. The van der Waals surface area contributed by atoms with Crippen molar-refractivity contribution in [2.24, 2.45) is 0 Å². The van der Waals surface area contributed by atoms with Gasteiger partial charge in [0.2, 0.25) is 16.0 Å². The number of hydrogen-bond acceptors (Lipinski definition) is 8. The first-order valence-electron chi connectivity index (χ1n) is 10.8. The number of morpholine rings is 1. The number of rotatable bonds is 5. The zero-order chi connectivity index (χ0) is 23.0. The highest BCUT2D eigenvalue weighted by Crippen LogP contribution is 2.40. The lowest BCUT2D eigenvalue weighted by molar-refractivity contribution is 0.122. The van der Waals surface area contributed by atoms with E-state index in [0.717, 1.165) is 28.3 Å². The van der Waals surface area contributed by atoms with E-state index in [1.807, 2.05) is 17.0 Å². The zero-order valence-electron chi connectivity index (χ0n) is 18.2. The lowest BCUT2D eigenvalue weighted by atomic mass is 10.1. The Hall–Kier alpha value is -3.21. The predicted molar refractivity (Wildman–Crippen MR) is 126 cm³/mol. The second kappa shape index (κ2) is 8.62. The van der Waals surface area contributed by atoms with Crippen LogP contribution in [-0.2, 0) is 21.2 Å². The average Bonchev–Trinajstić information content (AvgIpc) is 3.28. The summed E-state index contributed by atoms with van der Waals surface area (Å²) in [6.45, 7) is 3.23. The molecule has 2 aromatic carbocycles. The summed E-state index contributed by atoms with van der Waals surface area (Å²) < 4.78 is 32.6. The van der Waals surface area contributed by atoms with Crippen molar-refractivity contribution < 1.29 is 18.3 Å². The first-order chi connectivity index (χ1) is 16.0. The smallest absolute Gasteiger partial charge is 0.240 e. The summed E-state index contributed by atoms with van der Waals surface area (Å²) in [5.41, 5.74) is 3.31. The van der Waals surface area contributed by atoms with Crippen LogP contribution < -0.4 is 14.5 Å². The number of aromatic hydroxyl groups is 1. The molecule has 3 aromatic rings. The van der Waals surface area contributed by atoms with Crippen molar-refractivity contribution in [3.63, 3.8) is 0 Å². The number of anilines is 3. The van der Waals surface area contributed by atoms with E-state index in [0.29, 0.717) is 45.2 Å². The molecule has 0 atom stereocenters. The molecule has 0 amide bonds. The van der Waals surface area contributed by atoms with Gasteiger partial charge in [-0.15, -0.1) is 0 Å². The molecule has 0 bridgehead atoms. The molecule has 0 unspecified atom stereocenters. The molecule has 1 saturated heterocycles. The zero-order valence-corrected chi connectivity index (χ0v) is 19.0. The van der Waals surface area contributed by atoms with Gasteiger partial charge in [0.15, 0.2) is 0 Å². The van der Waals surface area contributed by atoms with Gasteiger partial charge >= 0.3 is 0 Å². The number of benzene rings is 2. The Labute approximate surface area is 192 Å². The van der Waals surface area contributed by atoms with Crippen LogP contribution in [0, 0.1) is 0 Å². The monoisotopic (exact) mass is 467 g/mol. The largest absolute Gasteiger partial charge is 0.508 e. The van der Waals surface area contributed by atoms with E-state index in [1.165, 1.54) is 7.05 Å². The second-order valence-electron chi connectivity index (χ2n) is 7.93. The minimum atomic E-state index is -3.57. The number of phenols is 1. The van der Waals surface area contributed by atoms with Crippen LogP contribution in [0.5, 0.6) is 5.75 Å². The Morgan fingerprint density at radius 1 is 1.03 bits per heavy atom. The highest BCUT2D eigenvalue weighted by molar-refractivity contribution is 7.89. The number of phenolic OH excluding ortho intramolecular Hbond substituents is 1. The van der Waals surface area contributed by atoms with Crippen LogP contribution in [0.2, 0.25) is 0 Å². The maximum absolute atomic E-state index is 12.3. The SMILES string of the molecule is CNS(=O)(=O)c1cccc(N2CCc3c(-c4cccc(O)c4)nc(N4CCOCC4)nc32)c1. The molecular formula is C23H25N5O4S. The minimum Gasteiger partial charge on any atom is -0.508 e. The van der Waals surface area contributed by atoms with E-state index in [9.17, 15) is 13.5 Å². The fourth-order valence-corrected chi connectivity index (χ4v) is 5.00. The summed E-state index contributed by atoms with van der Waals surface area (Å²) in [7, 11) is -2.17. The molecule has 0 radical (unpaired) electrons. The number of fused-ring (bicyclic) bond motifs is 1. The van der Waals surface area contributed by atoms with Crippen molar-refractivity contribution in [1.82, 2.24) is 14.7 Å². The fourth-order valence-electron chi connectivity index (χ4n) is 4.23. The lowest BCUT2D eigenvalue weighted by Crippen LogP contribution is -2.37. The Bertz CT molecular complexity index is 1290. The minimum absolute atomic E-state index is 0.174. The van der Waals surface area contributed by atoms with Crippen molar-refractivity contribution in [2.75, 3.05) is 49.7 Å². The van der Waals surface area contributed by atoms with Crippen molar-refractivity contribution >= 4 is 27.5 Å². The van der Waals surface area contributed by atoms with Gasteiger partial charge in [0, 0.05) is 36.4 Å². The second-order valence-corrected chi connectivity index (χ2v) is 9.82. The standard InChI is InChI=1S/C23H25N5O4S/c1-24-33(30,31)19-7-3-5-17(15-19)28-9-8-20-21(16-4-2-6-18(29)14-16)25-23(26-22(20)28)27-10-12-32-13-11-27/h2-7,14-15,24,29H,8-13H2,1H3. The molecule has 0 spiro atoms. The normalized spacial score (nSPS) is 16.2. The summed E-state index contributed by atoms with van der Waals surface area (Å²) in [5.74, 6) is 1.53. The Morgan fingerprint density at radius 3 is 2.58 bits per heavy atom. The first-order valence-corrected chi connectivity index (χ1v) is 12.3. The molecular weight excluding hydrogens is 442 g/mol. The number of hydrogen-bond donors (Lipinski definition) is 2. The molecule has 9 nitrogen and oxygen atoms in total. The van der Waals surface area contributed by atoms with E-state index in [4.69, 9.17) is 14.7 Å². The van der Waals surface area contributed by atoms with Gasteiger partial charge in [0.1, 0.15) is 11.6 Å². The van der Waals surface area contributed by atoms with Gasteiger partial charge in [0.05, 0.1) is 23.8 Å². The van der Waals surface area contributed by atoms with Crippen molar-refractivity contribution in [1.29, 1.82) is 0 Å². The summed E-state index contributed by atoms with van der Waals surface area (Å²) in [6.07, 6.45) is 0.701. The Morgan fingerprint density at radius 2 is 1.82 bits per heavy atom. The third-order valence-electron chi connectivity index (χ3n) is 5.94. The average molecular weight is 468 g/mol. The van der Waals surface area contributed by atoms with E-state index in [-0.39, 0.29) is 10.6 Å². The molecule has 2 aliphatic heterocycles. The van der Waals surface area contributed by atoms with Gasteiger partial charge in [-0.05, 0) is 43.8 Å². The molecule has 0 saturated carbocycles. The molecule has 172 valence electrons. The summed E-state index contributed by atoms with van der Waals surface area (Å²) in [5, 5.41) is 10.1. The predicted octanol–water partition coefficient (Wildman–Crippen LogP) is 2.29. The molecule has 1 aromatic heterocycles. The first kappa shape index (κ1) is 21.6. The molecule has 0 aliphatic carbocycles. The summed E-state index contributed by atoms with van der Waals surface area (Å²) in [6, 6.07) is 13.9. The molecule has 33 heavy (non-hydrogen) atoms. The van der Waals surface area contributed by atoms with Gasteiger partial charge < -0.3 is 19.6 Å². The number of nitrogens with one attached hydrogen (secondary N) is 1. The van der Waals surface area contributed by atoms with E-state index in [1.54, 1.807) is 36.4 Å². The van der Waals surface area contributed by atoms with Gasteiger partial charge in [-0.25, -0.2) is 18.1 Å².